The fraction of sp³-hybridized carbons (Fsp3) is 0.286. The van der Waals surface area contributed by atoms with Gasteiger partial charge in [-0.2, -0.15) is 4.98 Å². The van der Waals surface area contributed by atoms with Crippen LogP contribution in [0.1, 0.15) is 29.9 Å². The standard InChI is InChI=1S/C28H34N8O2/c1-6-13-29-26(37)21-18-30-27(34-25(21)33-24-9-7-8-23(32-24)28(2,3)38)31-20-10-11-22-19(17-20)12-14-36(22)16-15-35(4)5/h6-12,14,17-18,38H,1,13,15-16H2,2-5H3,(H,29,37)(H2,30,31,32,33,34). The monoisotopic (exact) mass is 514 g/mol. The average Bonchev–Trinajstić information content (AvgIpc) is 3.28. The van der Waals surface area contributed by atoms with Crippen LogP contribution in [-0.4, -0.2) is 62.6 Å². The first-order chi connectivity index (χ1) is 18.1. The Morgan fingerprint density at radius 3 is 2.71 bits per heavy atom. The van der Waals surface area contributed by atoms with Crippen LogP contribution in [0.3, 0.4) is 0 Å². The summed E-state index contributed by atoms with van der Waals surface area (Å²) in [4.78, 5) is 28.4. The Hall–Kier alpha value is -4.28. The lowest BCUT2D eigenvalue weighted by Gasteiger charge is -2.18. The van der Waals surface area contributed by atoms with Gasteiger partial charge in [0.1, 0.15) is 22.8 Å². The second-order valence-corrected chi connectivity index (χ2v) is 9.76. The SMILES string of the molecule is C=CCNC(=O)c1cnc(Nc2ccc3c(ccn3CCN(C)C)c2)nc1Nc1cccc(C(C)(C)O)n1. The van der Waals surface area contributed by atoms with Crippen molar-refractivity contribution in [3.05, 3.63) is 78.8 Å². The molecule has 3 heterocycles. The maximum absolute atomic E-state index is 12.8. The fourth-order valence-electron chi connectivity index (χ4n) is 3.84. The Labute approximate surface area is 222 Å². The third kappa shape index (κ3) is 6.53. The molecule has 0 fully saturated rings. The van der Waals surface area contributed by atoms with E-state index in [0.29, 0.717) is 24.0 Å². The van der Waals surface area contributed by atoms with Crippen LogP contribution in [0.2, 0.25) is 0 Å². The molecule has 10 heteroatoms. The number of benzene rings is 1. The van der Waals surface area contributed by atoms with Gasteiger partial charge in [-0.3, -0.25) is 4.79 Å². The topological polar surface area (TPSA) is 120 Å². The summed E-state index contributed by atoms with van der Waals surface area (Å²) in [7, 11) is 4.12. The van der Waals surface area contributed by atoms with Gasteiger partial charge >= 0.3 is 0 Å². The molecule has 0 spiro atoms. The maximum Gasteiger partial charge on any atom is 0.256 e. The second-order valence-electron chi connectivity index (χ2n) is 9.76. The molecule has 3 aromatic heterocycles. The highest BCUT2D eigenvalue weighted by Gasteiger charge is 2.19. The number of aromatic nitrogens is 4. The predicted octanol–water partition coefficient (Wildman–Crippen LogP) is 4.02. The van der Waals surface area contributed by atoms with Crippen molar-refractivity contribution in [1.29, 1.82) is 0 Å². The van der Waals surface area contributed by atoms with E-state index in [1.807, 2.05) is 12.1 Å². The third-order valence-electron chi connectivity index (χ3n) is 5.88. The van der Waals surface area contributed by atoms with Crippen LogP contribution in [0, 0.1) is 0 Å². The Morgan fingerprint density at radius 2 is 1.97 bits per heavy atom. The molecule has 0 bridgehead atoms. The maximum atomic E-state index is 12.8. The van der Waals surface area contributed by atoms with Gasteiger partial charge in [-0.1, -0.05) is 12.1 Å². The van der Waals surface area contributed by atoms with Gasteiger partial charge < -0.3 is 30.5 Å². The molecule has 0 saturated carbocycles. The van der Waals surface area contributed by atoms with E-state index in [9.17, 15) is 9.90 Å². The zero-order valence-electron chi connectivity index (χ0n) is 22.2. The van der Waals surface area contributed by atoms with E-state index in [0.717, 1.165) is 29.7 Å². The summed E-state index contributed by atoms with van der Waals surface area (Å²) in [6.45, 7) is 9.12. The molecule has 4 rings (SSSR count). The molecule has 0 saturated heterocycles. The van der Waals surface area contributed by atoms with Gasteiger partial charge in [-0.25, -0.2) is 9.97 Å². The van der Waals surface area contributed by atoms with Crippen LogP contribution in [0.25, 0.3) is 10.9 Å². The minimum absolute atomic E-state index is 0.251. The van der Waals surface area contributed by atoms with Crippen LogP contribution in [-0.2, 0) is 12.1 Å². The smallest absolute Gasteiger partial charge is 0.256 e. The van der Waals surface area contributed by atoms with Gasteiger partial charge in [0.05, 0.1) is 5.69 Å². The van der Waals surface area contributed by atoms with Crippen molar-refractivity contribution in [1.82, 2.24) is 29.7 Å². The molecular weight excluding hydrogens is 480 g/mol. The number of nitrogens with one attached hydrogen (secondary N) is 3. The lowest BCUT2D eigenvalue weighted by molar-refractivity contribution is 0.0740. The number of nitrogens with zero attached hydrogens (tertiary/aromatic N) is 5. The van der Waals surface area contributed by atoms with Gasteiger partial charge in [-0.05, 0) is 64.3 Å². The number of rotatable bonds is 11. The van der Waals surface area contributed by atoms with Crippen LogP contribution >= 0.6 is 0 Å². The van der Waals surface area contributed by atoms with E-state index in [4.69, 9.17) is 0 Å². The summed E-state index contributed by atoms with van der Waals surface area (Å²) in [6, 6.07) is 13.4. The van der Waals surface area contributed by atoms with Gasteiger partial charge in [-0.15, -0.1) is 6.58 Å². The Kier molecular flexibility index (Phi) is 8.04. The number of anilines is 4. The van der Waals surface area contributed by atoms with Gasteiger partial charge in [0.25, 0.3) is 5.91 Å². The van der Waals surface area contributed by atoms with E-state index in [1.54, 1.807) is 38.1 Å². The van der Waals surface area contributed by atoms with Crippen molar-refractivity contribution in [3.63, 3.8) is 0 Å². The molecular formula is C28H34N8O2. The molecule has 38 heavy (non-hydrogen) atoms. The molecule has 1 amide bonds. The van der Waals surface area contributed by atoms with E-state index >= 15 is 0 Å². The molecule has 10 nitrogen and oxygen atoms in total. The van der Waals surface area contributed by atoms with E-state index in [1.165, 1.54) is 6.20 Å². The highest BCUT2D eigenvalue weighted by atomic mass is 16.3. The number of carbonyl (C=O) groups is 1. The van der Waals surface area contributed by atoms with Crippen molar-refractivity contribution in [2.24, 2.45) is 0 Å². The lowest BCUT2D eigenvalue weighted by Crippen LogP contribution is -2.25. The normalized spacial score (nSPS) is 11.5. The Balaban J connectivity index is 1.62. The fourth-order valence-corrected chi connectivity index (χ4v) is 3.84. The first kappa shape index (κ1) is 26.8. The first-order valence-electron chi connectivity index (χ1n) is 12.4. The molecule has 0 radical (unpaired) electrons. The molecule has 1 aromatic carbocycles. The number of hydrogen-bond donors (Lipinski definition) is 4. The predicted molar refractivity (Wildman–Crippen MR) is 151 cm³/mol. The average molecular weight is 515 g/mol. The minimum atomic E-state index is -1.12. The Bertz CT molecular complexity index is 1440. The van der Waals surface area contributed by atoms with E-state index in [-0.39, 0.29) is 17.3 Å². The largest absolute Gasteiger partial charge is 0.384 e. The molecule has 0 aliphatic rings. The first-order valence-corrected chi connectivity index (χ1v) is 12.4. The second kappa shape index (κ2) is 11.4. The van der Waals surface area contributed by atoms with Crippen LogP contribution in [0.4, 0.5) is 23.3 Å². The molecule has 4 N–H and O–H groups in total. The van der Waals surface area contributed by atoms with E-state index in [2.05, 4.69) is 79.4 Å². The number of pyridine rings is 1. The summed E-state index contributed by atoms with van der Waals surface area (Å²) >= 11 is 0. The molecule has 4 aromatic rings. The highest BCUT2D eigenvalue weighted by molar-refractivity contribution is 5.99. The van der Waals surface area contributed by atoms with Gasteiger partial charge in [0, 0.05) is 48.6 Å². The number of hydrogen-bond acceptors (Lipinski definition) is 8. The number of carbonyl (C=O) groups excluding carboxylic acids is 1. The van der Waals surface area contributed by atoms with Crippen LogP contribution in [0.5, 0.6) is 0 Å². The molecule has 0 atom stereocenters. The van der Waals surface area contributed by atoms with Crippen molar-refractivity contribution < 1.29 is 9.90 Å². The highest BCUT2D eigenvalue weighted by Crippen LogP contribution is 2.25. The zero-order chi connectivity index (χ0) is 27.3. The number of amides is 1. The minimum Gasteiger partial charge on any atom is -0.384 e. The van der Waals surface area contributed by atoms with Crippen molar-refractivity contribution >= 4 is 40.1 Å². The van der Waals surface area contributed by atoms with Crippen molar-refractivity contribution in [2.75, 3.05) is 37.8 Å². The van der Waals surface area contributed by atoms with Crippen LogP contribution < -0.4 is 16.0 Å². The number of likely N-dealkylation sites (N-methyl/N-ethyl adjacent to an activating group) is 1. The summed E-state index contributed by atoms with van der Waals surface area (Å²) in [5, 5.41) is 20.6. The van der Waals surface area contributed by atoms with Gasteiger partial charge in [0.15, 0.2) is 0 Å². The van der Waals surface area contributed by atoms with Crippen LogP contribution in [0.15, 0.2) is 67.5 Å². The zero-order valence-corrected chi connectivity index (χ0v) is 22.2. The lowest BCUT2D eigenvalue weighted by atomic mass is 10.1. The third-order valence-corrected chi connectivity index (χ3v) is 5.88. The van der Waals surface area contributed by atoms with Crippen molar-refractivity contribution in [3.8, 4) is 0 Å². The summed E-state index contributed by atoms with van der Waals surface area (Å²) < 4.78 is 2.23. The summed E-state index contributed by atoms with van der Waals surface area (Å²) in [5.41, 5.74) is 1.58. The molecule has 0 aliphatic heterocycles. The molecule has 198 valence electrons. The Morgan fingerprint density at radius 1 is 1.16 bits per heavy atom. The molecule has 0 aliphatic carbocycles. The van der Waals surface area contributed by atoms with Crippen molar-refractivity contribution in [2.45, 2.75) is 26.0 Å². The summed E-state index contributed by atoms with van der Waals surface area (Å²) in [6.07, 6.45) is 5.15. The van der Waals surface area contributed by atoms with E-state index < -0.39 is 5.60 Å². The molecule has 0 unspecified atom stereocenters. The van der Waals surface area contributed by atoms with Gasteiger partial charge in [0.2, 0.25) is 5.95 Å². The number of aliphatic hydroxyl groups is 1. The number of fused-ring (bicyclic) bond motifs is 1. The quantitative estimate of drug-likeness (QED) is 0.222. The summed E-state index contributed by atoms with van der Waals surface area (Å²) in [5.74, 6) is 0.684.